The Morgan fingerprint density at radius 3 is 2.69 bits per heavy atom. The highest BCUT2D eigenvalue weighted by atomic mass is 28.3. The Balaban J connectivity index is 1.87. The predicted octanol–water partition coefficient (Wildman–Crippen LogP) is 3.09. The molecule has 29 heavy (non-hydrogen) atoms. The van der Waals surface area contributed by atoms with E-state index in [1.807, 2.05) is 22.9 Å². The van der Waals surface area contributed by atoms with E-state index in [0.717, 1.165) is 40.8 Å². The maximum absolute atomic E-state index is 12.3. The van der Waals surface area contributed by atoms with Gasteiger partial charge in [-0.1, -0.05) is 25.7 Å². The Morgan fingerprint density at radius 2 is 2.00 bits per heavy atom. The summed E-state index contributed by atoms with van der Waals surface area (Å²) in [7, 11) is 2.13. The molecule has 1 aliphatic rings. The van der Waals surface area contributed by atoms with Crippen LogP contribution in [0.5, 0.6) is 11.5 Å². The second-order valence-corrected chi connectivity index (χ2v) is 14.1. The van der Waals surface area contributed by atoms with Crippen molar-refractivity contribution in [3.8, 4) is 11.5 Å². The van der Waals surface area contributed by atoms with Crippen molar-refractivity contribution in [2.75, 3.05) is 27.4 Å². The van der Waals surface area contributed by atoms with Gasteiger partial charge in [0.05, 0.1) is 14.2 Å². The number of fused-ring (bicyclic) bond motifs is 1. The van der Waals surface area contributed by atoms with Gasteiger partial charge in [-0.3, -0.25) is 4.79 Å². The molecule has 2 aromatic rings. The molecule has 0 unspecified atom stereocenters. The lowest BCUT2D eigenvalue weighted by Gasteiger charge is -2.17. The van der Waals surface area contributed by atoms with Gasteiger partial charge in [0, 0.05) is 50.5 Å². The molecule has 0 aliphatic carbocycles. The Hall–Kier alpha value is -2.32. The number of nitrogens with zero attached hydrogens (tertiary/aromatic N) is 2. The number of amides is 1. The zero-order valence-electron chi connectivity index (χ0n) is 18.0. The number of carbonyl (C=O) groups excluding carboxylic acids is 1. The first-order valence-electron chi connectivity index (χ1n) is 9.98. The molecule has 1 aromatic heterocycles. The van der Waals surface area contributed by atoms with E-state index >= 15 is 0 Å². The summed E-state index contributed by atoms with van der Waals surface area (Å²) < 4.78 is 18.6. The van der Waals surface area contributed by atoms with Crippen molar-refractivity contribution in [3.63, 3.8) is 0 Å². The van der Waals surface area contributed by atoms with Gasteiger partial charge in [-0.25, -0.2) is 4.68 Å². The molecular formula is C21H31N3O4Si. The second kappa shape index (κ2) is 9.00. The van der Waals surface area contributed by atoms with Crippen LogP contribution in [0.4, 0.5) is 0 Å². The van der Waals surface area contributed by atoms with E-state index in [2.05, 4.69) is 30.1 Å². The van der Waals surface area contributed by atoms with E-state index in [1.165, 1.54) is 0 Å². The maximum Gasteiger partial charge on any atom is 0.272 e. The normalized spacial score (nSPS) is 13.8. The molecule has 0 bridgehead atoms. The van der Waals surface area contributed by atoms with Crippen molar-refractivity contribution in [1.82, 2.24) is 15.1 Å². The molecule has 0 spiro atoms. The van der Waals surface area contributed by atoms with E-state index in [4.69, 9.17) is 14.2 Å². The van der Waals surface area contributed by atoms with Gasteiger partial charge in [-0.2, -0.15) is 5.10 Å². The largest absolute Gasteiger partial charge is 0.497 e. The molecule has 3 rings (SSSR count). The van der Waals surface area contributed by atoms with Crippen LogP contribution in [-0.4, -0.2) is 51.1 Å². The van der Waals surface area contributed by atoms with E-state index in [1.54, 1.807) is 14.2 Å². The maximum atomic E-state index is 12.3. The summed E-state index contributed by atoms with van der Waals surface area (Å²) >= 11 is 0. The third-order valence-electron chi connectivity index (χ3n) is 5.10. The summed E-state index contributed by atoms with van der Waals surface area (Å²) in [5.74, 6) is 1.39. The summed E-state index contributed by atoms with van der Waals surface area (Å²) in [6.45, 7) is 8.66. The molecule has 7 nitrogen and oxygen atoms in total. The highest BCUT2D eigenvalue weighted by Gasteiger charge is 2.27. The molecule has 8 heteroatoms. The average molecular weight is 418 g/mol. The fraction of sp³-hybridized carbons (Fsp3) is 0.524. The number of hydrogen-bond donors (Lipinski definition) is 1. The fourth-order valence-corrected chi connectivity index (χ4v) is 4.13. The predicted molar refractivity (Wildman–Crippen MR) is 115 cm³/mol. The fourth-order valence-electron chi connectivity index (χ4n) is 3.38. The molecule has 2 heterocycles. The summed E-state index contributed by atoms with van der Waals surface area (Å²) in [6, 6.07) is 6.88. The van der Waals surface area contributed by atoms with E-state index < -0.39 is 8.07 Å². The average Bonchev–Trinajstić information content (AvgIpc) is 3.04. The van der Waals surface area contributed by atoms with Gasteiger partial charge in [0.2, 0.25) is 0 Å². The number of hydrogen-bond acceptors (Lipinski definition) is 5. The summed E-state index contributed by atoms with van der Waals surface area (Å²) in [5.41, 5.74) is 3.53. The summed E-state index contributed by atoms with van der Waals surface area (Å²) in [6.07, 6.45) is 1.38. The van der Waals surface area contributed by atoms with Gasteiger partial charge >= 0.3 is 0 Å². The molecule has 1 N–H and O–H groups in total. The molecule has 0 saturated carbocycles. The number of rotatable bonds is 9. The third kappa shape index (κ3) is 5.19. The Kier molecular flexibility index (Phi) is 6.64. The van der Waals surface area contributed by atoms with Crippen LogP contribution < -0.4 is 14.8 Å². The van der Waals surface area contributed by atoms with Gasteiger partial charge in [-0.05, 0) is 18.5 Å². The van der Waals surface area contributed by atoms with Crippen LogP contribution in [0.3, 0.4) is 0 Å². The van der Waals surface area contributed by atoms with E-state index in [9.17, 15) is 4.79 Å². The van der Waals surface area contributed by atoms with E-state index in [0.29, 0.717) is 32.0 Å². The quantitative estimate of drug-likeness (QED) is 0.501. The minimum atomic E-state index is -1.16. The molecule has 0 fully saturated rings. The first-order chi connectivity index (χ1) is 13.8. The zero-order valence-corrected chi connectivity index (χ0v) is 19.0. The Morgan fingerprint density at radius 1 is 1.21 bits per heavy atom. The van der Waals surface area contributed by atoms with Crippen LogP contribution in [0.15, 0.2) is 18.2 Å². The van der Waals surface area contributed by atoms with Crippen molar-refractivity contribution < 1.29 is 19.0 Å². The number of aromatic nitrogens is 2. The number of benzene rings is 1. The SMILES string of the molecule is COc1ccc(Cc2c3c(nn2COCC[Si](C)(C)C)C(=O)NCC3)c(OC)c1. The first-order valence-corrected chi connectivity index (χ1v) is 13.7. The van der Waals surface area contributed by atoms with Crippen LogP contribution in [0.1, 0.15) is 27.3 Å². The molecule has 1 aliphatic heterocycles. The Bertz CT molecular complexity index is 874. The van der Waals surface area contributed by atoms with Crippen molar-refractivity contribution in [2.24, 2.45) is 0 Å². The molecule has 0 radical (unpaired) electrons. The van der Waals surface area contributed by atoms with Crippen molar-refractivity contribution in [2.45, 2.75) is 45.3 Å². The third-order valence-corrected chi connectivity index (χ3v) is 6.81. The highest BCUT2D eigenvalue weighted by molar-refractivity contribution is 6.76. The van der Waals surface area contributed by atoms with Crippen molar-refractivity contribution >= 4 is 14.0 Å². The minimum Gasteiger partial charge on any atom is -0.497 e. The number of nitrogens with one attached hydrogen (secondary N) is 1. The van der Waals surface area contributed by atoms with E-state index in [-0.39, 0.29) is 5.91 Å². The van der Waals surface area contributed by atoms with Crippen LogP contribution in [-0.2, 0) is 24.3 Å². The topological polar surface area (TPSA) is 74.6 Å². The van der Waals surface area contributed by atoms with Crippen LogP contribution in [0.25, 0.3) is 0 Å². The van der Waals surface area contributed by atoms with Crippen LogP contribution in [0, 0.1) is 0 Å². The van der Waals surface area contributed by atoms with Gasteiger partial charge < -0.3 is 19.5 Å². The standard InChI is InChI=1S/C21H31N3O4Si/c1-26-16-7-6-15(19(13-16)27-2)12-18-17-8-9-22-21(25)20(17)23-24(18)14-28-10-11-29(3,4)5/h6-7,13H,8-12,14H2,1-5H3,(H,22,25). The van der Waals surface area contributed by atoms with Gasteiger partial charge in [0.15, 0.2) is 5.69 Å². The zero-order chi connectivity index (χ0) is 21.0. The molecule has 1 aromatic carbocycles. The van der Waals surface area contributed by atoms with Gasteiger partial charge in [0.1, 0.15) is 18.2 Å². The molecule has 1 amide bonds. The second-order valence-electron chi connectivity index (χ2n) is 8.48. The van der Waals surface area contributed by atoms with Gasteiger partial charge in [-0.15, -0.1) is 0 Å². The smallest absolute Gasteiger partial charge is 0.272 e. The molecule has 0 saturated heterocycles. The van der Waals surface area contributed by atoms with Crippen LogP contribution in [0.2, 0.25) is 25.7 Å². The van der Waals surface area contributed by atoms with Crippen LogP contribution >= 0.6 is 0 Å². The highest BCUT2D eigenvalue weighted by Crippen LogP contribution is 2.29. The molecule has 0 atom stereocenters. The number of methoxy groups -OCH3 is 2. The van der Waals surface area contributed by atoms with Gasteiger partial charge in [0.25, 0.3) is 5.91 Å². The summed E-state index contributed by atoms with van der Waals surface area (Å²) in [5, 5.41) is 7.45. The number of carbonyl (C=O) groups is 1. The molecule has 158 valence electrons. The lowest BCUT2D eigenvalue weighted by molar-refractivity contribution is 0.0759. The van der Waals surface area contributed by atoms with Crippen molar-refractivity contribution in [1.29, 1.82) is 0 Å². The number of ether oxygens (including phenoxy) is 3. The first kappa shape index (κ1) is 21.4. The lowest BCUT2D eigenvalue weighted by atomic mass is 10.00. The van der Waals surface area contributed by atoms with Crippen molar-refractivity contribution in [3.05, 3.63) is 40.7 Å². The lowest BCUT2D eigenvalue weighted by Crippen LogP contribution is -2.31. The monoisotopic (exact) mass is 417 g/mol. The Labute approximate surface area is 173 Å². The summed E-state index contributed by atoms with van der Waals surface area (Å²) in [4.78, 5) is 12.3. The molecular weight excluding hydrogens is 386 g/mol. The minimum absolute atomic E-state index is 0.116.